The molecular formula is C16H19ClN2O2. The van der Waals surface area contributed by atoms with Gasteiger partial charge in [-0.3, -0.25) is 20.4 Å². The Hall–Kier alpha value is -1.55. The number of hydrazine groups is 1. The second kappa shape index (κ2) is 5.34. The number of amides is 2. The average Bonchev–Trinajstić information content (AvgIpc) is 3.25. The molecule has 2 aliphatic carbocycles. The van der Waals surface area contributed by atoms with Crippen molar-refractivity contribution in [1.82, 2.24) is 10.9 Å². The minimum Gasteiger partial charge on any atom is -0.273 e. The van der Waals surface area contributed by atoms with E-state index in [0.717, 1.165) is 31.2 Å². The number of nitrogens with one attached hydrogen (secondary N) is 2. The van der Waals surface area contributed by atoms with Crippen LogP contribution < -0.4 is 10.9 Å². The van der Waals surface area contributed by atoms with Gasteiger partial charge in [0.05, 0.1) is 5.41 Å². The molecule has 2 fully saturated rings. The van der Waals surface area contributed by atoms with E-state index in [9.17, 15) is 9.59 Å². The Bertz CT molecular complexity index is 577. The summed E-state index contributed by atoms with van der Waals surface area (Å²) in [4.78, 5) is 24.2. The van der Waals surface area contributed by atoms with Gasteiger partial charge in [-0.2, -0.15) is 0 Å². The van der Waals surface area contributed by atoms with Crippen LogP contribution in [-0.4, -0.2) is 11.8 Å². The Morgan fingerprint density at radius 1 is 1.24 bits per heavy atom. The van der Waals surface area contributed by atoms with Gasteiger partial charge in [-0.25, -0.2) is 0 Å². The standard InChI is InChI=1S/C16H19ClN2O2/c1-10-8-16(9-10,12-3-2-4-13(17)7-12)15(21)19-18-14(20)11-5-6-11/h2-4,7,10-11H,5-6,8-9H2,1H3,(H,18,20)(H,19,21). The van der Waals surface area contributed by atoms with Crippen molar-refractivity contribution in [3.63, 3.8) is 0 Å². The summed E-state index contributed by atoms with van der Waals surface area (Å²) < 4.78 is 0. The van der Waals surface area contributed by atoms with Crippen molar-refractivity contribution in [2.24, 2.45) is 11.8 Å². The van der Waals surface area contributed by atoms with Crippen molar-refractivity contribution in [2.75, 3.05) is 0 Å². The predicted molar refractivity (Wildman–Crippen MR) is 80.5 cm³/mol. The minimum absolute atomic E-state index is 0.0766. The molecule has 1 aromatic rings. The maximum atomic E-state index is 12.6. The molecule has 0 atom stereocenters. The van der Waals surface area contributed by atoms with Gasteiger partial charge >= 0.3 is 0 Å². The monoisotopic (exact) mass is 306 g/mol. The molecule has 3 rings (SSSR count). The van der Waals surface area contributed by atoms with E-state index in [2.05, 4.69) is 17.8 Å². The lowest BCUT2D eigenvalue weighted by molar-refractivity contribution is -0.136. The molecule has 0 radical (unpaired) electrons. The van der Waals surface area contributed by atoms with Crippen molar-refractivity contribution >= 4 is 23.4 Å². The Kier molecular flexibility index (Phi) is 3.66. The number of hydrogen-bond acceptors (Lipinski definition) is 2. The number of benzene rings is 1. The van der Waals surface area contributed by atoms with Gasteiger partial charge < -0.3 is 0 Å². The molecule has 0 bridgehead atoms. The molecule has 1 aromatic carbocycles. The normalized spacial score (nSPS) is 27.6. The van der Waals surface area contributed by atoms with Gasteiger partial charge in [0.1, 0.15) is 0 Å². The fraction of sp³-hybridized carbons (Fsp3) is 0.500. The summed E-state index contributed by atoms with van der Waals surface area (Å²) in [6.45, 7) is 2.12. The summed E-state index contributed by atoms with van der Waals surface area (Å²) in [5.41, 5.74) is 5.50. The van der Waals surface area contributed by atoms with Gasteiger partial charge in [0.25, 0.3) is 0 Å². The van der Waals surface area contributed by atoms with Crippen molar-refractivity contribution in [3.8, 4) is 0 Å². The molecule has 0 aromatic heterocycles. The molecule has 2 amide bonds. The zero-order valence-corrected chi connectivity index (χ0v) is 12.7. The zero-order valence-electron chi connectivity index (χ0n) is 12.0. The second-order valence-electron chi connectivity index (χ2n) is 6.32. The van der Waals surface area contributed by atoms with Crippen molar-refractivity contribution in [2.45, 2.75) is 38.0 Å². The molecule has 2 aliphatic rings. The summed E-state index contributed by atoms with van der Waals surface area (Å²) in [6, 6.07) is 7.43. The fourth-order valence-corrected chi connectivity index (χ4v) is 3.34. The van der Waals surface area contributed by atoms with Gasteiger partial charge in [0.15, 0.2) is 0 Å². The third-order valence-corrected chi connectivity index (χ3v) is 4.69. The van der Waals surface area contributed by atoms with Crippen LogP contribution in [0.15, 0.2) is 24.3 Å². The molecule has 2 N–H and O–H groups in total. The van der Waals surface area contributed by atoms with Crippen LogP contribution in [0.4, 0.5) is 0 Å². The van der Waals surface area contributed by atoms with E-state index in [1.165, 1.54) is 0 Å². The third-order valence-electron chi connectivity index (χ3n) is 4.45. The topological polar surface area (TPSA) is 58.2 Å². The lowest BCUT2D eigenvalue weighted by Gasteiger charge is -2.45. The largest absolute Gasteiger partial charge is 0.273 e. The van der Waals surface area contributed by atoms with Crippen LogP contribution in [0.2, 0.25) is 5.02 Å². The summed E-state index contributed by atoms with van der Waals surface area (Å²) in [5.74, 6) is 0.343. The van der Waals surface area contributed by atoms with E-state index in [4.69, 9.17) is 11.6 Å². The SMILES string of the molecule is CC1CC(C(=O)NNC(=O)C2CC2)(c2cccc(Cl)c2)C1. The summed E-state index contributed by atoms with van der Waals surface area (Å²) in [5, 5.41) is 0.626. The highest BCUT2D eigenvalue weighted by Gasteiger charge is 2.50. The Morgan fingerprint density at radius 3 is 2.52 bits per heavy atom. The summed E-state index contributed by atoms with van der Waals surface area (Å²) in [7, 11) is 0. The van der Waals surface area contributed by atoms with E-state index in [0.29, 0.717) is 10.9 Å². The minimum atomic E-state index is -0.568. The first kappa shape index (κ1) is 14.4. The summed E-state index contributed by atoms with van der Waals surface area (Å²) >= 11 is 6.05. The van der Waals surface area contributed by atoms with Crippen LogP contribution in [0.1, 0.15) is 38.2 Å². The molecule has 5 heteroatoms. The highest BCUT2D eigenvalue weighted by atomic mass is 35.5. The maximum absolute atomic E-state index is 12.6. The average molecular weight is 307 g/mol. The summed E-state index contributed by atoms with van der Waals surface area (Å²) in [6.07, 6.45) is 3.38. The Labute approximate surface area is 129 Å². The first-order valence-electron chi connectivity index (χ1n) is 7.37. The van der Waals surface area contributed by atoms with Crippen LogP contribution in [-0.2, 0) is 15.0 Å². The van der Waals surface area contributed by atoms with Gasteiger partial charge in [0, 0.05) is 10.9 Å². The van der Waals surface area contributed by atoms with Crippen molar-refractivity contribution in [1.29, 1.82) is 0 Å². The van der Waals surface area contributed by atoms with E-state index >= 15 is 0 Å². The molecule has 0 heterocycles. The Morgan fingerprint density at radius 2 is 1.95 bits per heavy atom. The molecule has 0 unspecified atom stereocenters. The highest BCUT2D eigenvalue weighted by Crippen LogP contribution is 2.48. The highest BCUT2D eigenvalue weighted by molar-refractivity contribution is 6.30. The molecule has 4 nitrogen and oxygen atoms in total. The lowest BCUT2D eigenvalue weighted by atomic mass is 9.58. The third kappa shape index (κ3) is 2.77. The van der Waals surface area contributed by atoms with Crippen LogP contribution >= 0.6 is 11.6 Å². The van der Waals surface area contributed by atoms with Gasteiger partial charge in [-0.1, -0.05) is 30.7 Å². The molecule has 0 spiro atoms. The molecule has 112 valence electrons. The number of rotatable bonds is 3. The van der Waals surface area contributed by atoms with E-state index in [-0.39, 0.29) is 17.7 Å². The quantitative estimate of drug-likeness (QED) is 0.843. The molecule has 0 saturated heterocycles. The number of carbonyl (C=O) groups is 2. The van der Waals surface area contributed by atoms with Gasteiger partial charge in [0.2, 0.25) is 11.8 Å². The molecule has 21 heavy (non-hydrogen) atoms. The van der Waals surface area contributed by atoms with Crippen LogP contribution in [0, 0.1) is 11.8 Å². The number of hydrogen-bond donors (Lipinski definition) is 2. The molecule has 0 aliphatic heterocycles. The van der Waals surface area contributed by atoms with Crippen LogP contribution in [0.25, 0.3) is 0 Å². The fourth-order valence-electron chi connectivity index (χ4n) is 3.15. The van der Waals surface area contributed by atoms with Crippen LogP contribution in [0.5, 0.6) is 0 Å². The second-order valence-corrected chi connectivity index (χ2v) is 6.76. The maximum Gasteiger partial charge on any atom is 0.249 e. The Balaban J connectivity index is 1.74. The predicted octanol–water partition coefficient (Wildman–Crippen LogP) is 2.57. The number of halogens is 1. The van der Waals surface area contributed by atoms with Crippen molar-refractivity contribution in [3.05, 3.63) is 34.9 Å². The van der Waals surface area contributed by atoms with E-state index < -0.39 is 5.41 Å². The smallest absolute Gasteiger partial charge is 0.249 e. The first-order chi connectivity index (χ1) is 10.0. The van der Waals surface area contributed by atoms with E-state index in [1.54, 1.807) is 6.07 Å². The van der Waals surface area contributed by atoms with Gasteiger partial charge in [-0.15, -0.1) is 0 Å². The number of carbonyl (C=O) groups excluding carboxylic acids is 2. The van der Waals surface area contributed by atoms with E-state index in [1.807, 2.05) is 18.2 Å². The zero-order chi connectivity index (χ0) is 15.0. The van der Waals surface area contributed by atoms with Gasteiger partial charge in [-0.05, 0) is 49.3 Å². The molecular weight excluding hydrogens is 288 g/mol. The van der Waals surface area contributed by atoms with Crippen LogP contribution in [0.3, 0.4) is 0 Å². The lowest BCUT2D eigenvalue weighted by Crippen LogP contribution is -2.56. The van der Waals surface area contributed by atoms with Crippen molar-refractivity contribution < 1.29 is 9.59 Å². The molecule has 2 saturated carbocycles. The first-order valence-corrected chi connectivity index (χ1v) is 7.75.